The summed E-state index contributed by atoms with van der Waals surface area (Å²) in [6.45, 7) is 2.15. The van der Waals surface area contributed by atoms with Crippen LogP contribution in [0.1, 0.15) is 6.42 Å². The Morgan fingerprint density at radius 3 is 2.54 bits per heavy atom. The molecule has 4 rings (SSSR count). The van der Waals surface area contributed by atoms with E-state index in [1.54, 1.807) is 0 Å². The van der Waals surface area contributed by atoms with Crippen LogP contribution in [-0.2, 0) is 0 Å². The van der Waals surface area contributed by atoms with E-state index in [2.05, 4.69) is 84.6 Å². The molecule has 0 bridgehead atoms. The molecule has 3 aromatic carbocycles. The summed E-state index contributed by atoms with van der Waals surface area (Å²) in [5, 5.41) is 2.67. The van der Waals surface area contributed by atoms with E-state index in [1.165, 1.54) is 31.9 Å². The Kier molecular flexibility index (Phi) is 4.21. The first kappa shape index (κ1) is 15.6. The Morgan fingerprint density at radius 1 is 0.875 bits per heavy atom. The highest BCUT2D eigenvalue weighted by molar-refractivity contribution is 8.00. The smallest absolute Gasteiger partial charge is 0.0559 e. The molecule has 1 aliphatic rings. The van der Waals surface area contributed by atoms with Crippen LogP contribution in [-0.4, -0.2) is 32.1 Å². The molecule has 3 heteroatoms. The second-order valence-electron chi connectivity index (χ2n) is 6.51. The van der Waals surface area contributed by atoms with E-state index in [1.807, 2.05) is 11.8 Å². The van der Waals surface area contributed by atoms with E-state index in [9.17, 15) is 0 Å². The van der Waals surface area contributed by atoms with Crippen molar-refractivity contribution in [3.63, 3.8) is 0 Å². The van der Waals surface area contributed by atoms with E-state index in [-0.39, 0.29) is 0 Å². The minimum absolute atomic E-state index is 1.04. The summed E-state index contributed by atoms with van der Waals surface area (Å²) >= 11 is 1.90. The van der Waals surface area contributed by atoms with Crippen molar-refractivity contribution in [2.75, 3.05) is 32.1 Å². The van der Waals surface area contributed by atoms with Crippen LogP contribution in [0.15, 0.2) is 70.5 Å². The maximum absolute atomic E-state index is 2.50. The Balaban J connectivity index is 1.80. The fraction of sp³-hybridized carbons (Fsp3) is 0.238. The summed E-state index contributed by atoms with van der Waals surface area (Å²) in [6, 6.07) is 22.0. The van der Waals surface area contributed by atoms with Crippen LogP contribution in [0.25, 0.3) is 10.8 Å². The van der Waals surface area contributed by atoms with Gasteiger partial charge >= 0.3 is 0 Å². The van der Waals surface area contributed by atoms with E-state index >= 15 is 0 Å². The molecule has 0 atom stereocenters. The lowest BCUT2D eigenvalue weighted by atomic mass is 10.1. The molecule has 3 aromatic rings. The average molecular weight is 334 g/mol. The highest BCUT2D eigenvalue weighted by Gasteiger charge is 2.24. The van der Waals surface area contributed by atoms with Gasteiger partial charge in [0.1, 0.15) is 0 Å². The molecule has 0 fully saturated rings. The molecule has 2 nitrogen and oxygen atoms in total. The molecule has 1 aliphatic heterocycles. The number of nitrogens with zero attached hydrogens (tertiary/aromatic N) is 2. The van der Waals surface area contributed by atoms with Crippen molar-refractivity contribution >= 4 is 33.9 Å². The van der Waals surface area contributed by atoms with Crippen LogP contribution < -0.4 is 4.90 Å². The van der Waals surface area contributed by atoms with Gasteiger partial charge in [0.05, 0.1) is 11.4 Å². The second-order valence-corrected chi connectivity index (χ2v) is 7.57. The van der Waals surface area contributed by atoms with Crippen LogP contribution in [0.5, 0.6) is 0 Å². The van der Waals surface area contributed by atoms with E-state index < -0.39 is 0 Å². The number of benzene rings is 3. The van der Waals surface area contributed by atoms with Crippen LogP contribution >= 0.6 is 11.8 Å². The topological polar surface area (TPSA) is 6.48 Å². The van der Waals surface area contributed by atoms with Gasteiger partial charge in [-0.15, -0.1) is 0 Å². The zero-order chi connectivity index (χ0) is 16.5. The average Bonchev–Trinajstić information content (AvgIpc) is 2.61. The number of anilines is 2. The predicted molar refractivity (Wildman–Crippen MR) is 105 cm³/mol. The maximum Gasteiger partial charge on any atom is 0.0559 e. The van der Waals surface area contributed by atoms with E-state index in [0.29, 0.717) is 0 Å². The highest BCUT2D eigenvalue weighted by Crippen LogP contribution is 2.50. The van der Waals surface area contributed by atoms with Crippen molar-refractivity contribution in [3.8, 4) is 0 Å². The molecule has 0 aromatic heterocycles. The summed E-state index contributed by atoms with van der Waals surface area (Å²) in [6.07, 6.45) is 1.15. The molecular weight excluding hydrogens is 312 g/mol. The van der Waals surface area contributed by atoms with Gasteiger partial charge in [-0.25, -0.2) is 0 Å². The first-order valence-electron chi connectivity index (χ1n) is 8.45. The highest BCUT2D eigenvalue weighted by atomic mass is 32.2. The maximum atomic E-state index is 2.50. The second kappa shape index (κ2) is 6.50. The Morgan fingerprint density at radius 2 is 1.67 bits per heavy atom. The van der Waals surface area contributed by atoms with Crippen molar-refractivity contribution in [1.29, 1.82) is 0 Å². The molecule has 0 unspecified atom stereocenters. The number of hydrogen-bond acceptors (Lipinski definition) is 3. The van der Waals surface area contributed by atoms with Crippen LogP contribution in [0.2, 0.25) is 0 Å². The molecule has 24 heavy (non-hydrogen) atoms. The molecule has 0 radical (unpaired) electrons. The van der Waals surface area contributed by atoms with Gasteiger partial charge in [-0.1, -0.05) is 54.2 Å². The number of fused-ring (bicyclic) bond motifs is 4. The lowest BCUT2D eigenvalue weighted by Gasteiger charge is -2.33. The molecule has 0 aliphatic carbocycles. The molecular formula is C21H22N2S. The Hall–Kier alpha value is -1.97. The summed E-state index contributed by atoms with van der Waals surface area (Å²) in [4.78, 5) is 7.49. The summed E-state index contributed by atoms with van der Waals surface area (Å²) in [5.74, 6) is 0. The summed E-state index contributed by atoms with van der Waals surface area (Å²) in [7, 11) is 4.28. The van der Waals surface area contributed by atoms with Gasteiger partial charge in [0.2, 0.25) is 0 Å². The Labute approximate surface area is 148 Å². The molecule has 0 saturated heterocycles. The monoisotopic (exact) mass is 334 g/mol. The fourth-order valence-electron chi connectivity index (χ4n) is 3.34. The largest absolute Gasteiger partial charge is 0.340 e. The van der Waals surface area contributed by atoms with Gasteiger partial charge in [-0.2, -0.15) is 0 Å². The van der Waals surface area contributed by atoms with E-state index in [0.717, 1.165) is 19.5 Å². The predicted octanol–water partition coefficient (Wildman–Crippen LogP) is 5.39. The zero-order valence-corrected chi connectivity index (χ0v) is 15.0. The minimum atomic E-state index is 1.04. The number of para-hydroxylation sites is 1. The number of rotatable bonds is 4. The normalized spacial score (nSPS) is 13.2. The molecule has 0 saturated carbocycles. The van der Waals surface area contributed by atoms with Crippen molar-refractivity contribution in [3.05, 3.63) is 60.7 Å². The molecule has 0 N–H and O–H groups in total. The van der Waals surface area contributed by atoms with Gasteiger partial charge in [0, 0.05) is 16.3 Å². The third kappa shape index (κ3) is 2.79. The van der Waals surface area contributed by atoms with Crippen molar-refractivity contribution < 1.29 is 0 Å². The van der Waals surface area contributed by atoms with Gasteiger partial charge < -0.3 is 9.80 Å². The first-order valence-corrected chi connectivity index (χ1v) is 9.26. The van der Waals surface area contributed by atoms with Crippen LogP contribution in [0.3, 0.4) is 0 Å². The minimum Gasteiger partial charge on any atom is -0.340 e. The zero-order valence-electron chi connectivity index (χ0n) is 14.2. The quantitative estimate of drug-likeness (QED) is 0.631. The fourth-order valence-corrected chi connectivity index (χ4v) is 4.57. The molecule has 0 spiro atoms. The molecule has 0 amide bonds. The lowest BCUT2D eigenvalue weighted by molar-refractivity contribution is 0.402. The lowest BCUT2D eigenvalue weighted by Crippen LogP contribution is -2.25. The van der Waals surface area contributed by atoms with Crippen LogP contribution in [0.4, 0.5) is 11.4 Å². The van der Waals surface area contributed by atoms with Gasteiger partial charge in [-0.05, 0) is 56.0 Å². The van der Waals surface area contributed by atoms with Crippen molar-refractivity contribution in [2.45, 2.75) is 16.2 Å². The summed E-state index contributed by atoms with van der Waals surface area (Å²) in [5.41, 5.74) is 2.68. The third-order valence-electron chi connectivity index (χ3n) is 4.50. The van der Waals surface area contributed by atoms with Crippen molar-refractivity contribution in [1.82, 2.24) is 4.90 Å². The van der Waals surface area contributed by atoms with Gasteiger partial charge in [0.15, 0.2) is 0 Å². The standard InChI is InChI=1S/C21H22N2S/c1-22(2)14-7-15-23-18-10-5-6-11-20(18)24-21-17-9-4-3-8-16(17)12-13-19(21)23/h3-6,8-13H,7,14-15H2,1-2H3. The first-order chi connectivity index (χ1) is 11.7. The third-order valence-corrected chi connectivity index (χ3v) is 5.70. The van der Waals surface area contributed by atoms with Crippen molar-refractivity contribution in [2.24, 2.45) is 0 Å². The van der Waals surface area contributed by atoms with Crippen LogP contribution in [0, 0.1) is 0 Å². The summed E-state index contributed by atoms with van der Waals surface area (Å²) < 4.78 is 0. The van der Waals surface area contributed by atoms with Gasteiger partial charge in [-0.3, -0.25) is 0 Å². The van der Waals surface area contributed by atoms with E-state index in [4.69, 9.17) is 0 Å². The molecule has 1 heterocycles. The number of hydrogen-bond donors (Lipinski definition) is 0. The van der Waals surface area contributed by atoms with Gasteiger partial charge in [0.25, 0.3) is 0 Å². The molecule has 122 valence electrons. The Bertz CT molecular complexity index is 873. The SMILES string of the molecule is CN(C)CCCN1c2ccccc2Sc2c1ccc1ccccc21.